The lowest BCUT2D eigenvalue weighted by molar-refractivity contribution is 0.905. The van der Waals surface area contributed by atoms with Crippen molar-refractivity contribution in [2.75, 3.05) is 5.88 Å². The van der Waals surface area contributed by atoms with Gasteiger partial charge in [-0.1, -0.05) is 27.5 Å². The number of halogens is 3. The van der Waals surface area contributed by atoms with Gasteiger partial charge in [-0.15, -0.1) is 11.6 Å². The van der Waals surface area contributed by atoms with Crippen LogP contribution in [0.3, 0.4) is 0 Å². The van der Waals surface area contributed by atoms with E-state index in [-0.39, 0.29) is 0 Å². The molecule has 0 atom stereocenters. The number of hydrogen-bond donors (Lipinski definition) is 0. The summed E-state index contributed by atoms with van der Waals surface area (Å²) in [5, 5.41) is 0.647. The van der Waals surface area contributed by atoms with Gasteiger partial charge in [-0.3, -0.25) is 4.57 Å². The van der Waals surface area contributed by atoms with Crippen LogP contribution in [0.15, 0.2) is 41.0 Å². The molecule has 0 saturated carbocycles. The Morgan fingerprint density at radius 3 is 2.90 bits per heavy atom. The topological polar surface area (TPSA) is 30.7 Å². The normalized spacial score (nSPS) is 11.2. The van der Waals surface area contributed by atoms with Gasteiger partial charge in [-0.05, 0) is 30.3 Å². The Labute approximate surface area is 134 Å². The van der Waals surface area contributed by atoms with E-state index in [1.165, 1.54) is 0 Å². The summed E-state index contributed by atoms with van der Waals surface area (Å²) in [7, 11) is 0. The minimum atomic E-state index is 0.495. The second kappa shape index (κ2) is 5.72. The van der Waals surface area contributed by atoms with Gasteiger partial charge in [-0.25, -0.2) is 9.97 Å². The van der Waals surface area contributed by atoms with Gasteiger partial charge < -0.3 is 0 Å². The highest BCUT2D eigenvalue weighted by atomic mass is 79.9. The van der Waals surface area contributed by atoms with E-state index in [1.54, 1.807) is 6.20 Å². The zero-order valence-electron chi connectivity index (χ0n) is 10.4. The summed E-state index contributed by atoms with van der Waals surface area (Å²) in [6.45, 7) is 0. The van der Waals surface area contributed by atoms with Crippen LogP contribution in [0.5, 0.6) is 0 Å². The third-order valence-electron chi connectivity index (χ3n) is 2.95. The first-order valence-electron chi connectivity index (χ1n) is 6.04. The molecule has 1 aromatic carbocycles. The molecule has 2 aromatic heterocycles. The van der Waals surface area contributed by atoms with Crippen molar-refractivity contribution >= 4 is 50.3 Å². The molecular weight excluding hydrogens is 361 g/mol. The Morgan fingerprint density at radius 1 is 1.25 bits per heavy atom. The summed E-state index contributed by atoms with van der Waals surface area (Å²) in [6.07, 6.45) is 2.40. The van der Waals surface area contributed by atoms with Crippen LogP contribution in [-0.4, -0.2) is 20.4 Å². The van der Waals surface area contributed by atoms with Crippen molar-refractivity contribution in [3.63, 3.8) is 0 Å². The first-order chi connectivity index (χ1) is 9.70. The summed E-state index contributed by atoms with van der Waals surface area (Å²) in [5.74, 6) is 1.35. The van der Waals surface area contributed by atoms with Gasteiger partial charge in [0.25, 0.3) is 0 Å². The van der Waals surface area contributed by atoms with E-state index in [0.717, 1.165) is 27.1 Å². The number of aromatic nitrogens is 3. The van der Waals surface area contributed by atoms with E-state index in [0.29, 0.717) is 17.3 Å². The maximum absolute atomic E-state index is 6.33. The molecule has 0 saturated heterocycles. The van der Waals surface area contributed by atoms with Crippen molar-refractivity contribution in [2.24, 2.45) is 0 Å². The Kier molecular flexibility index (Phi) is 3.96. The van der Waals surface area contributed by atoms with Crippen LogP contribution in [0.25, 0.3) is 16.9 Å². The minimum Gasteiger partial charge on any atom is -0.279 e. The highest BCUT2D eigenvalue weighted by Gasteiger charge is 2.15. The maximum Gasteiger partial charge on any atom is 0.164 e. The molecule has 0 fully saturated rings. The second-order valence-corrected chi connectivity index (χ2v) is 5.95. The van der Waals surface area contributed by atoms with Crippen LogP contribution in [0, 0.1) is 0 Å². The molecular formula is C14H10BrCl2N3. The zero-order chi connectivity index (χ0) is 14.1. The summed E-state index contributed by atoms with van der Waals surface area (Å²) < 4.78 is 2.91. The van der Waals surface area contributed by atoms with Crippen molar-refractivity contribution < 1.29 is 0 Å². The van der Waals surface area contributed by atoms with Crippen LogP contribution >= 0.6 is 39.1 Å². The van der Waals surface area contributed by atoms with Gasteiger partial charge >= 0.3 is 0 Å². The zero-order valence-corrected chi connectivity index (χ0v) is 13.5. The van der Waals surface area contributed by atoms with Crippen LogP contribution in [-0.2, 0) is 6.42 Å². The molecule has 6 heteroatoms. The first-order valence-corrected chi connectivity index (χ1v) is 7.75. The number of alkyl halides is 1. The van der Waals surface area contributed by atoms with E-state index in [4.69, 9.17) is 23.2 Å². The molecule has 20 heavy (non-hydrogen) atoms. The molecule has 3 nitrogen and oxygen atoms in total. The molecule has 0 bridgehead atoms. The largest absolute Gasteiger partial charge is 0.279 e. The van der Waals surface area contributed by atoms with Gasteiger partial charge in [0, 0.05) is 23.0 Å². The van der Waals surface area contributed by atoms with Gasteiger partial charge in [-0.2, -0.15) is 0 Å². The molecule has 0 unspecified atom stereocenters. The van der Waals surface area contributed by atoms with E-state index in [1.807, 2.05) is 34.9 Å². The monoisotopic (exact) mass is 369 g/mol. The highest BCUT2D eigenvalue weighted by Crippen LogP contribution is 2.28. The quantitative estimate of drug-likeness (QED) is 0.630. The Morgan fingerprint density at radius 2 is 2.10 bits per heavy atom. The van der Waals surface area contributed by atoms with Gasteiger partial charge in [0.2, 0.25) is 0 Å². The van der Waals surface area contributed by atoms with Crippen LogP contribution < -0.4 is 0 Å². The Balaban J connectivity index is 2.33. The van der Waals surface area contributed by atoms with E-state index in [2.05, 4.69) is 25.9 Å². The smallest absolute Gasteiger partial charge is 0.164 e. The number of hydrogen-bond acceptors (Lipinski definition) is 2. The number of aryl methyl sites for hydroxylation is 1. The lowest BCUT2D eigenvalue weighted by atomic mass is 10.3. The van der Waals surface area contributed by atoms with Crippen molar-refractivity contribution in [2.45, 2.75) is 6.42 Å². The average molecular weight is 371 g/mol. The number of pyridine rings is 1. The lowest BCUT2D eigenvalue weighted by Crippen LogP contribution is -2.03. The molecule has 0 aliphatic carbocycles. The van der Waals surface area contributed by atoms with Crippen LogP contribution in [0.2, 0.25) is 5.02 Å². The number of rotatable bonds is 3. The molecule has 0 radical (unpaired) electrons. The summed E-state index contributed by atoms with van der Waals surface area (Å²) >= 11 is 15.7. The fourth-order valence-electron chi connectivity index (χ4n) is 2.12. The minimum absolute atomic E-state index is 0.495. The molecule has 0 aliphatic rings. The number of nitrogens with zero attached hydrogens (tertiary/aromatic N) is 3. The molecule has 3 rings (SSSR count). The first kappa shape index (κ1) is 13.9. The number of fused-ring (bicyclic) bond motifs is 1. The van der Waals surface area contributed by atoms with Crippen molar-refractivity contribution in [3.05, 3.63) is 51.8 Å². The van der Waals surface area contributed by atoms with E-state index in [9.17, 15) is 0 Å². The third kappa shape index (κ3) is 2.43. The summed E-state index contributed by atoms with van der Waals surface area (Å²) in [5.41, 5.74) is 2.47. The fourth-order valence-corrected chi connectivity index (χ4v) is 2.84. The molecule has 0 spiro atoms. The van der Waals surface area contributed by atoms with Crippen molar-refractivity contribution in [3.8, 4) is 5.69 Å². The Hall–Kier alpha value is -1.10. The molecule has 0 aliphatic heterocycles. The van der Waals surface area contributed by atoms with Gasteiger partial charge in [0.15, 0.2) is 5.65 Å². The number of benzene rings is 1. The highest BCUT2D eigenvalue weighted by molar-refractivity contribution is 9.10. The standard InChI is InChI=1S/C14H10BrCl2N3/c15-9-3-4-10(17)12(8-9)20-13(5-6-16)19-11-2-1-7-18-14(11)20/h1-4,7-8H,5-6H2. The summed E-state index contributed by atoms with van der Waals surface area (Å²) in [6, 6.07) is 9.50. The van der Waals surface area contributed by atoms with Crippen LogP contribution in [0.4, 0.5) is 0 Å². The van der Waals surface area contributed by atoms with Crippen LogP contribution in [0.1, 0.15) is 5.82 Å². The van der Waals surface area contributed by atoms with Gasteiger partial charge in [0.05, 0.1) is 10.7 Å². The van der Waals surface area contributed by atoms with Crippen molar-refractivity contribution in [1.29, 1.82) is 0 Å². The number of imidazole rings is 1. The average Bonchev–Trinajstić information content (AvgIpc) is 2.80. The molecule has 3 aromatic rings. The predicted molar refractivity (Wildman–Crippen MR) is 86.0 cm³/mol. The fraction of sp³-hybridized carbons (Fsp3) is 0.143. The molecule has 0 N–H and O–H groups in total. The van der Waals surface area contributed by atoms with E-state index < -0.39 is 0 Å². The predicted octanol–water partition coefficient (Wildman–Crippen LogP) is 4.62. The molecule has 0 amide bonds. The second-order valence-electron chi connectivity index (χ2n) is 4.24. The SMILES string of the molecule is ClCCc1nc2cccnc2n1-c1cc(Br)ccc1Cl. The maximum atomic E-state index is 6.33. The molecule has 102 valence electrons. The Bertz CT molecular complexity index is 770. The van der Waals surface area contributed by atoms with Crippen molar-refractivity contribution in [1.82, 2.24) is 14.5 Å². The molecule has 2 heterocycles. The lowest BCUT2D eigenvalue weighted by Gasteiger charge is -2.10. The van der Waals surface area contributed by atoms with Gasteiger partial charge in [0.1, 0.15) is 11.3 Å². The summed E-state index contributed by atoms with van der Waals surface area (Å²) in [4.78, 5) is 9.01. The third-order valence-corrected chi connectivity index (χ3v) is 3.95. The van der Waals surface area contributed by atoms with E-state index >= 15 is 0 Å².